The van der Waals surface area contributed by atoms with Crippen LogP contribution in [0.15, 0.2) is 40.8 Å². The monoisotopic (exact) mass is 469 g/mol. The van der Waals surface area contributed by atoms with Gasteiger partial charge in [0, 0.05) is 20.0 Å². The number of likely N-dealkylation sites (tertiary alicyclic amines) is 1. The Labute approximate surface area is 201 Å². The van der Waals surface area contributed by atoms with Gasteiger partial charge < -0.3 is 19.2 Å². The number of nitrogens with zero attached hydrogens (tertiary/aromatic N) is 2. The van der Waals surface area contributed by atoms with Crippen LogP contribution < -0.4 is 10.1 Å². The Hall–Kier alpha value is -2.84. The third-order valence-corrected chi connectivity index (χ3v) is 7.07. The quantitative estimate of drug-likeness (QED) is 0.538. The molecule has 2 aliphatic rings. The number of hydrogen-bond acceptors (Lipinski definition) is 6. The van der Waals surface area contributed by atoms with Crippen molar-refractivity contribution in [3.63, 3.8) is 0 Å². The van der Waals surface area contributed by atoms with Crippen LogP contribution in [0.1, 0.15) is 36.8 Å². The topological polar surface area (TPSA) is 84.3 Å². The maximum absolute atomic E-state index is 13.7. The van der Waals surface area contributed by atoms with Crippen LogP contribution in [0.4, 0.5) is 4.79 Å². The number of carbonyl (C=O) groups is 2. The van der Waals surface area contributed by atoms with E-state index < -0.39 is 5.54 Å². The molecule has 1 unspecified atom stereocenters. The third kappa shape index (κ3) is 4.98. The predicted octanol–water partition coefficient (Wildman–Crippen LogP) is 3.24. The zero-order valence-electron chi connectivity index (χ0n) is 20.3. The Morgan fingerprint density at radius 2 is 1.88 bits per heavy atom. The zero-order chi connectivity index (χ0) is 24.1. The summed E-state index contributed by atoms with van der Waals surface area (Å²) < 4.78 is 16.4. The molecule has 0 bridgehead atoms. The van der Waals surface area contributed by atoms with Gasteiger partial charge in [-0.15, -0.1) is 0 Å². The van der Waals surface area contributed by atoms with Crippen LogP contribution in [-0.2, 0) is 28.9 Å². The lowest BCUT2D eigenvalue weighted by atomic mass is 9.74. The van der Waals surface area contributed by atoms with Gasteiger partial charge in [-0.2, -0.15) is 0 Å². The van der Waals surface area contributed by atoms with E-state index in [1.807, 2.05) is 36.4 Å². The number of carbonyl (C=O) groups excluding carboxylic acids is 2. The number of benzene rings is 1. The molecule has 2 saturated heterocycles. The van der Waals surface area contributed by atoms with E-state index in [-0.39, 0.29) is 24.4 Å². The van der Waals surface area contributed by atoms with Crippen LogP contribution in [0.3, 0.4) is 0 Å². The van der Waals surface area contributed by atoms with E-state index in [0.29, 0.717) is 13.0 Å². The summed E-state index contributed by atoms with van der Waals surface area (Å²) in [6.45, 7) is 5.09. The van der Waals surface area contributed by atoms with Gasteiger partial charge >= 0.3 is 6.03 Å². The van der Waals surface area contributed by atoms with Gasteiger partial charge in [-0.1, -0.05) is 19.1 Å². The first-order chi connectivity index (χ1) is 16.5. The average molecular weight is 470 g/mol. The molecule has 0 aliphatic carbocycles. The molecule has 4 rings (SSSR count). The first-order valence-electron chi connectivity index (χ1n) is 12.0. The number of urea groups is 1. The SMILES string of the molecule is CCc1ccc(CN2CCC(C3(Cc4cccc(OC)c4)NC(=O)N(CCOC)C3=O)CC2)o1. The normalized spacial score (nSPS) is 21.8. The highest BCUT2D eigenvalue weighted by atomic mass is 16.5. The Morgan fingerprint density at radius 3 is 2.56 bits per heavy atom. The van der Waals surface area contributed by atoms with E-state index >= 15 is 0 Å². The highest BCUT2D eigenvalue weighted by Gasteiger charge is 2.55. The average Bonchev–Trinajstić information content (AvgIpc) is 3.40. The largest absolute Gasteiger partial charge is 0.497 e. The standard InChI is InChI=1S/C26H35N3O5/c1-4-21-8-9-23(34-21)18-28-12-10-20(11-13-28)26(17-19-6-5-7-22(16-19)33-3)24(30)29(14-15-32-2)25(31)27-26/h5-9,16,20H,4,10-15,17-18H2,1-3H3,(H,27,31). The number of hydrogen-bond donors (Lipinski definition) is 1. The number of furan rings is 1. The molecule has 2 aliphatic heterocycles. The number of rotatable bonds is 10. The van der Waals surface area contributed by atoms with E-state index in [1.54, 1.807) is 14.2 Å². The fraction of sp³-hybridized carbons (Fsp3) is 0.538. The summed E-state index contributed by atoms with van der Waals surface area (Å²) in [4.78, 5) is 30.3. The van der Waals surface area contributed by atoms with Crippen LogP contribution in [0.25, 0.3) is 0 Å². The highest BCUT2D eigenvalue weighted by Crippen LogP contribution is 2.37. The molecule has 0 spiro atoms. The predicted molar refractivity (Wildman–Crippen MR) is 128 cm³/mol. The van der Waals surface area contributed by atoms with Gasteiger partial charge in [0.1, 0.15) is 22.8 Å². The lowest BCUT2D eigenvalue weighted by Crippen LogP contribution is -2.57. The van der Waals surface area contributed by atoms with Gasteiger partial charge in [-0.25, -0.2) is 4.79 Å². The first kappa shape index (κ1) is 24.3. The molecule has 8 heteroatoms. The van der Waals surface area contributed by atoms with Crippen LogP contribution in [0.2, 0.25) is 0 Å². The summed E-state index contributed by atoms with van der Waals surface area (Å²) in [5.41, 5.74) is -0.00437. The summed E-state index contributed by atoms with van der Waals surface area (Å²) in [6.07, 6.45) is 2.95. The number of aryl methyl sites for hydroxylation is 1. The van der Waals surface area contributed by atoms with Crippen molar-refractivity contribution in [2.24, 2.45) is 5.92 Å². The Balaban J connectivity index is 1.52. The smallest absolute Gasteiger partial charge is 0.325 e. The second-order valence-corrected chi connectivity index (χ2v) is 9.15. The third-order valence-electron chi connectivity index (χ3n) is 7.07. The van der Waals surface area contributed by atoms with Crippen molar-refractivity contribution in [2.75, 3.05) is 40.5 Å². The van der Waals surface area contributed by atoms with Crippen LogP contribution >= 0.6 is 0 Å². The summed E-state index contributed by atoms with van der Waals surface area (Å²) in [7, 11) is 3.20. The Bertz CT molecular complexity index is 998. The van der Waals surface area contributed by atoms with Crippen LogP contribution in [0.5, 0.6) is 5.75 Å². The highest BCUT2D eigenvalue weighted by molar-refractivity contribution is 6.07. The lowest BCUT2D eigenvalue weighted by molar-refractivity contribution is -0.134. The van der Waals surface area contributed by atoms with Gasteiger partial charge in [-0.3, -0.25) is 14.6 Å². The number of imide groups is 1. The molecule has 1 aromatic heterocycles. The van der Waals surface area contributed by atoms with Crippen molar-refractivity contribution in [3.05, 3.63) is 53.5 Å². The number of nitrogens with one attached hydrogen (secondary N) is 1. The summed E-state index contributed by atoms with van der Waals surface area (Å²) in [6, 6.07) is 11.5. The van der Waals surface area contributed by atoms with Gasteiger partial charge in [-0.05, 0) is 61.7 Å². The molecule has 0 radical (unpaired) electrons. The minimum Gasteiger partial charge on any atom is -0.497 e. The maximum atomic E-state index is 13.7. The minimum atomic E-state index is -0.969. The number of methoxy groups -OCH3 is 2. The Morgan fingerprint density at radius 1 is 1.12 bits per heavy atom. The molecule has 8 nitrogen and oxygen atoms in total. The molecule has 1 N–H and O–H groups in total. The zero-order valence-corrected chi connectivity index (χ0v) is 20.3. The summed E-state index contributed by atoms with van der Waals surface area (Å²) in [5, 5.41) is 3.11. The van der Waals surface area contributed by atoms with Crippen molar-refractivity contribution in [1.29, 1.82) is 0 Å². The van der Waals surface area contributed by atoms with Gasteiger partial charge in [0.2, 0.25) is 0 Å². The van der Waals surface area contributed by atoms with E-state index in [0.717, 1.165) is 61.7 Å². The second kappa shape index (κ2) is 10.6. The van der Waals surface area contributed by atoms with Gasteiger partial charge in [0.25, 0.3) is 5.91 Å². The van der Waals surface area contributed by atoms with E-state index in [4.69, 9.17) is 13.9 Å². The second-order valence-electron chi connectivity index (χ2n) is 9.15. The van der Waals surface area contributed by atoms with Crippen LogP contribution in [0, 0.1) is 5.92 Å². The number of ether oxygens (including phenoxy) is 2. The molecule has 184 valence electrons. The number of amides is 3. The molecule has 0 saturated carbocycles. The van der Waals surface area contributed by atoms with Crippen molar-refractivity contribution < 1.29 is 23.5 Å². The fourth-order valence-corrected chi connectivity index (χ4v) is 5.18. The Kier molecular flexibility index (Phi) is 7.58. The molecule has 2 fully saturated rings. The molecular formula is C26H35N3O5. The van der Waals surface area contributed by atoms with Crippen molar-refractivity contribution in [3.8, 4) is 5.75 Å². The molecular weight excluding hydrogens is 434 g/mol. The molecule has 2 aromatic rings. The van der Waals surface area contributed by atoms with Gasteiger partial charge in [0.05, 0.1) is 26.8 Å². The van der Waals surface area contributed by atoms with Crippen molar-refractivity contribution >= 4 is 11.9 Å². The van der Waals surface area contributed by atoms with Crippen LogP contribution in [-0.4, -0.2) is 67.7 Å². The van der Waals surface area contributed by atoms with E-state index in [2.05, 4.69) is 17.1 Å². The molecule has 3 amide bonds. The number of piperidine rings is 1. The summed E-state index contributed by atoms with van der Waals surface area (Å²) >= 11 is 0. The lowest BCUT2D eigenvalue weighted by Gasteiger charge is -2.41. The molecule has 1 atom stereocenters. The molecule has 1 aromatic carbocycles. The molecule has 34 heavy (non-hydrogen) atoms. The van der Waals surface area contributed by atoms with E-state index in [9.17, 15) is 9.59 Å². The maximum Gasteiger partial charge on any atom is 0.325 e. The first-order valence-corrected chi connectivity index (χ1v) is 12.0. The fourth-order valence-electron chi connectivity index (χ4n) is 5.18. The van der Waals surface area contributed by atoms with Crippen molar-refractivity contribution in [2.45, 2.75) is 44.7 Å². The molecule has 3 heterocycles. The van der Waals surface area contributed by atoms with E-state index in [1.165, 1.54) is 4.90 Å². The minimum absolute atomic E-state index is 0.0294. The van der Waals surface area contributed by atoms with Crippen molar-refractivity contribution in [1.82, 2.24) is 15.1 Å². The summed E-state index contributed by atoms with van der Waals surface area (Å²) in [5.74, 6) is 2.58. The van der Waals surface area contributed by atoms with Gasteiger partial charge in [0.15, 0.2) is 0 Å².